The van der Waals surface area contributed by atoms with Gasteiger partial charge >= 0.3 is 0 Å². The predicted octanol–water partition coefficient (Wildman–Crippen LogP) is 1.57. The molecule has 0 N–H and O–H groups in total. The largest absolute Gasteiger partial charge is 0.377 e. The lowest BCUT2D eigenvalue weighted by atomic mass is 10.2. The number of ether oxygens (including phenoxy) is 1. The average molecular weight is 326 g/mol. The molecule has 2 aliphatic heterocycles. The van der Waals surface area contributed by atoms with Crippen LogP contribution in [0.4, 0.5) is 0 Å². The number of aromatic nitrogens is 2. The first-order valence-electron chi connectivity index (χ1n) is 8.64. The molecule has 0 radical (unpaired) electrons. The number of benzene rings is 1. The van der Waals surface area contributed by atoms with Gasteiger partial charge in [-0.15, -0.1) is 0 Å². The van der Waals surface area contributed by atoms with Gasteiger partial charge in [-0.3, -0.25) is 14.7 Å². The van der Waals surface area contributed by atoms with Crippen LogP contribution in [0.5, 0.6) is 0 Å². The second-order valence-corrected chi connectivity index (χ2v) is 6.47. The summed E-state index contributed by atoms with van der Waals surface area (Å²) < 4.78 is 5.70. The lowest BCUT2D eigenvalue weighted by molar-refractivity contribution is 0.0430. The fourth-order valence-corrected chi connectivity index (χ4v) is 3.43. The van der Waals surface area contributed by atoms with Gasteiger partial charge in [0.15, 0.2) is 0 Å². The van der Waals surface area contributed by atoms with Crippen molar-refractivity contribution in [3.63, 3.8) is 0 Å². The minimum Gasteiger partial charge on any atom is -0.377 e. The number of rotatable bonds is 3. The van der Waals surface area contributed by atoms with Crippen LogP contribution in [-0.4, -0.2) is 71.1 Å². The number of hydrogen-bond acceptors (Lipinski definition) is 5. The highest BCUT2D eigenvalue weighted by atomic mass is 16.5. The van der Waals surface area contributed by atoms with Crippen LogP contribution in [0.2, 0.25) is 0 Å². The van der Waals surface area contributed by atoms with E-state index in [2.05, 4.69) is 14.9 Å². The van der Waals surface area contributed by atoms with Crippen LogP contribution in [0.1, 0.15) is 23.3 Å². The Morgan fingerprint density at radius 3 is 2.71 bits per heavy atom. The van der Waals surface area contributed by atoms with Crippen LogP contribution in [0.3, 0.4) is 0 Å². The molecule has 1 aromatic carbocycles. The molecule has 0 spiro atoms. The number of amides is 1. The third kappa shape index (κ3) is 3.25. The number of carbonyl (C=O) groups excluding carboxylic acids is 1. The molecular weight excluding hydrogens is 304 g/mol. The van der Waals surface area contributed by atoms with E-state index in [4.69, 9.17) is 4.74 Å². The van der Waals surface area contributed by atoms with Gasteiger partial charge in [-0.1, -0.05) is 12.1 Å². The highest BCUT2D eigenvalue weighted by Crippen LogP contribution is 2.15. The molecule has 0 unspecified atom stereocenters. The molecule has 6 heteroatoms. The normalized spacial score (nSPS) is 22.2. The number of fused-ring (bicyclic) bond motifs is 1. The van der Waals surface area contributed by atoms with Gasteiger partial charge in [0.1, 0.15) is 5.69 Å². The number of para-hydroxylation sites is 2. The molecule has 1 aromatic heterocycles. The summed E-state index contributed by atoms with van der Waals surface area (Å²) in [5.74, 6) is -0.0231. The molecule has 3 heterocycles. The first-order valence-corrected chi connectivity index (χ1v) is 8.64. The van der Waals surface area contributed by atoms with Crippen LogP contribution >= 0.6 is 0 Å². The number of carbonyl (C=O) groups is 1. The summed E-state index contributed by atoms with van der Waals surface area (Å²) in [4.78, 5) is 25.8. The van der Waals surface area contributed by atoms with E-state index in [0.29, 0.717) is 11.8 Å². The van der Waals surface area contributed by atoms with Crippen molar-refractivity contribution >= 4 is 16.9 Å². The fourth-order valence-electron chi connectivity index (χ4n) is 3.43. The summed E-state index contributed by atoms with van der Waals surface area (Å²) in [5, 5.41) is 0. The van der Waals surface area contributed by atoms with Crippen molar-refractivity contribution in [2.45, 2.75) is 18.9 Å². The smallest absolute Gasteiger partial charge is 0.274 e. The zero-order chi connectivity index (χ0) is 16.4. The van der Waals surface area contributed by atoms with Gasteiger partial charge in [-0.05, 0) is 25.0 Å². The van der Waals surface area contributed by atoms with E-state index in [9.17, 15) is 4.79 Å². The molecule has 0 saturated carbocycles. The SMILES string of the molecule is O=C(c1cnc2ccccc2n1)N1CCN(C[C@H]2CCCO2)CC1. The van der Waals surface area contributed by atoms with E-state index < -0.39 is 0 Å². The Hall–Kier alpha value is -2.05. The Morgan fingerprint density at radius 1 is 1.17 bits per heavy atom. The highest BCUT2D eigenvalue weighted by molar-refractivity contribution is 5.93. The maximum absolute atomic E-state index is 12.7. The second-order valence-electron chi connectivity index (χ2n) is 6.47. The molecular formula is C18H22N4O2. The number of piperazine rings is 1. The Balaban J connectivity index is 1.38. The van der Waals surface area contributed by atoms with E-state index in [1.807, 2.05) is 29.2 Å². The maximum Gasteiger partial charge on any atom is 0.274 e. The van der Waals surface area contributed by atoms with Crippen molar-refractivity contribution in [1.29, 1.82) is 0 Å². The molecule has 1 amide bonds. The molecule has 24 heavy (non-hydrogen) atoms. The lowest BCUT2D eigenvalue weighted by Crippen LogP contribution is -2.50. The van der Waals surface area contributed by atoms with Gasteiger partial charge in [-0.25, -0.2) is 4.98 Å². The van der Waals surface area contributed by atoms with Crippen molar-refractivity contribution in [3.05, 3.63) is 36.2 Å². The van der Waals surface area contributed by atoms with E-state index in [0.717, 1.165) is 56.8 Å². The van der Waals surface area contributed by atoms with Crippen molar-refractivity contribution in [3.8, 4) is 0 Å². The third-order valence-corrected chi connectivity index (χ3v) is 4.81. The van der Waals surface area contributed by atoms with Gasteiger partial charge < -0.3 is 9.64 Å². The molecule has 2 aliphatic rings. The molecule has 2 fully saturated rings. The lowest BCUT2D eigenvalue weighted by Gasteiger charge is -2.35. The first kappa shape index (κ1) is 15.5. The zero-order valence-electron chi connectivity index (χ0n) is 13.7. The summed E-state index contributed by atoms with van der Waals surface area (Å²) >= 11 is 0. The second kappa shape index (κ2) is 6.83. The molecule has 4 rings (SSSR count). The highest BCUT2D eigenvalue weighted by Gasteiger charge is 2.26. The minimum atomic E-state index is -0.0231. The zero-order valence-corrected chi connectivity index (χ0v) is 13.7. The summed E-state index contributed by atoms with van der Waals surface area (Å²) in [6, 6.07) is 7.63. The molecule has 2 saturated heterocycles. The maximum atomic E-state index is 12.7. The summed E-state index contributed by atoms with van der Waals surface area (Å²) in [5.41, 5.74) is 2.01. The van der Waals surface area contributed by atoms with E-state index >= 15 is 0 Å². The first-order chi connectivity index (χ1) is 11.8. The van der Waals surface area contributed by atoms with E-state index in [-0.39, 0.29) is 5.91 Å². The Morgan fingerprint density at radius 2 is 1.96 bits per heavy atom. The van der Waals surface area contributed by atoms with Gasteiger partial charge in [-0.2, -0.15) is 0 Å². The topological polar surface area (TPSA) is 58.6 Å². The Labute approximate surface area is 141 Å². The van der Waals surface area contributed by atoms with Crippen LogP contribution in [0.15, 0.2) is 30.5 Å². The minimum absolute atomic E-state index is 0.0231. The summed E-state index contributed by atoms with van der Waals surface area (Å²) in [7, 11) is 0. The van der Waals surface area contributed by atoms with E-state index in [1.165, 1.54) is 6.42 Å². The fraction of sp³-hybridized carbons (Fsp3) is 0.500. The Bertz CT molecular complexity index is 722. The standard InChI is InChI=1S/C18H22N4O2/c23-18(17-12-19-15-5-1-2-6-16(15)20-17)22-9-7-21(8-10-22)13-14-4-3-11-24-14/h1-2,5-6,12,14H,3-4,7-11,13H2/t14-/m1/s1. The molecule has 2 aromatic rings. The van der Waals surface area contributed by atoms with Gasteiger partial charge in [0.25, 0.3) is 5.91 Å². The van der Waals surface area contributed by atoms with Crippen LogP contribution in [-0.2, 0) is 4.74 Å². The van der Waals surface area contributed by atoms with Crippen molar-refractivity contribution in [1.82, 2.24) is 19.8 Å². The molecule has 6 nitrogen and oxygen atoms in total. The van der Waals surface area contributed by atoms with Crippen LogP contribution in [0.25, 0.3) is 11.0 Å². The van der Waals surface area contributed by atoms with Crippen molar-refractivity contribution in [2.75, 3.05) is 39.3 Å². The predicted molar refractivity (Wildman–Crippen MR) is 90.9 cm³/mol. The van der Waals surface area contributed by atoms with E-state index in [1.54, 1.807) is 6.20 Å². The summed E-state index contributed by atoms with van der Waals surface area (Å²) in [6.07, 6.45) is 4.29. The third-order valence-electron chi connectivity index (χ3n) is 4.81. The van der Waals surface area contributed by atoms with Crippen LogP contribution in [0, 0.1) is 0 Å². The average Bonchev–Trinajstić information content (AvgIpc) is 3.14. The molecule has 126 valence electrons. The summed E-state index contributed by atoms with van der Waals surface area (Å²) in [6.45, 7) is 5.14. The Kier molecular flexibility index (Phi) is 4.40. The van der Waals surface area contributed by atoms with Crippen molar-refractivity contribution in [2.24, 2.45) is 0 Å². The van der Waals surface area contributed by atoms with Crippen LogP contribution < -0.4 is 0 Å². The quantitative estimate of drug-likeness (QED) is 0.857. The molecule has 0 aliphatic carbocycles. The van der Waals surface area contributed by atoms with Gasteiger partial charge in [0.2, 0.25) is 0 Å². The monoisotopic (exact) mass is 326 g/mol. The van der Waals surface area contributed by atoms with Gasteiger partial charge in [0, 0.05) is 39.3 Å². The molecule has 1 atom stereocenters. The number of nitrogens with zero attached hydrogens (tertiary/aromatic N) is 4. The van der Waals surface area contributed by atoms with Crippen molar-refractivity contribution < 1.29 is 9.53 Å². The van der Waals surface area contributed by atoms with Gasteiger partial charge in [0.05, 0.1) is 23.3 Å². The number of hydrogen-bond donors (Lipinski definition) is 0. The molecule has 0 bridgehead atoms.